The lowest BCUT2D eigenvalue weighted by molar-refractivity contribution is -0.0400. The summed E-state index contributed by atoms with van der Waals surface area (Å²) in [7, 11) is 0. The van der Waals surface area contributed by atoms with Crippen LogP contribution >= 0.6 is 0 Å². The largest absolute Gasteiger partial charge is 0.374 e. The Labute approximate surface area is 115 Å². The number of ether oxygens (including phenoxy) is 1. The zero-order valence-electron chi connectivity index (χ0n) is 12.1. The van der Waals surface area contributed by atoms with Gasteiger partial charge in [-0.3, -0.25) is 9.58 Å². The molecule has 1 aromatic heterocycles. The summed E-state index contributed by atoms with van der Waals surface area (Å²) in [6.07, 6.45) is 6.16. The van der Waals surface area contributed by atoms with E-state index in [0.29, 0.717) is 0 Å². The highest BCUT2D eigenvalue weighted by atomic mass is 16.5. The van der Waals surface area contributed by atoms with Crippen LogP contribution in [0.3, 0.4) is 0 Å². The maximum atomic E-state index is 6.30. The number of nitrogens with two attached hydrogens (primary N) is 1. The Balaban J connectivity index is 1.86. The molecule has 5 heteroatoms. The molecule has 0 bridgehead atoms. The third-order valence-electron chi connectivity index (χ3n) is 3.68. The second-order valence-electron chi connectivity index (χ2n) is 5.28. The molecule has 0 aliphatic carbocycles. The highest BCUT2D eigenvalue weighted by molar-refractivity contribution is 5.07. The van der Waals surface area contributed by atoms with Crippen molar-refractivity contribution in [2.24, 2.45) is 5.73 Å². The monoisotopic (exact) mass is 266 g/mol. The fourth-order valence-corrected chi connectivity index (χ4v) is 2.60. The first-order valence-corrected chi connectivity index (χ1v) is 7.33. The first kappa shape index (κ1) is 14.5. The van der Waals surface area contributed by atoms with E-state index in [0.717, 1.165) is 39.2 Å². The third-order valence-corrected chi connectivity index (χ3v) is 3.68. The summed E-state index contributed by atoms with van der Waals surface area (Å²) in [5.41, 5.74) is 7.50. The summed E-state index contributed by atoms with van der Waals surface area (Å²) in [5, 5.41) is 4.29. The molecular weight excluding hydrogens is 240 g/mol. The van der Waals surface area contributed by atoms with Crippen molar-refractivity contribution in [3.63, 3.8) is 0 Å². The van der Waals surface area contributed by atoms with Gasteiger partial charge >= 0.3 is 0 Å². The Hall–Kier alpha value is -0.910. The fraction of sp³-hybridized carbons (Fsp3) is 0.786. The summed E-state index contributed by atoms with van der Waals surface area (Å²) in [5.74, 6) is 0. The molecule has 1 aromatic rings. The highest BCUT2D eigenvalue weighted by Gasteiger charge is 2.25. The average Bonchev–Trinajstić information content (AvgIpc) is 2.87. The summed E-state index contributed by atoms with van der Waals surface area (Å²) < 4.78 is 7.77. The molecule has 1 fully saturated rings. The Kier molecular flexibility index (Phi) is 5.36. The molecule has 0 aromatic carbocycles. The maximum Gasteiger partial charge on any atom is 0.0856 e. The number of aromatic nitrogens is 2. The minimum atomic E-state index is 0.0502. The van der Waals surface area contributed by atoms with E-state index in [1.807, 2.05) is 10.9 Å². The Morgan fingerprint density at radius 2 is 2.37 bits per heavy atom. The predicted octanol–water partition coefficient (Wildman–Crippen LogP) is 0.884. The van der Waals surface area contributed by atoms with E-state index in [-0.39, 0.29) is 12.1 Å². The highest BCUT2D eigenvalue weighted by Crippen LogP contribution is 2.12. The predicted molar refractivity (Wildman–Crippen MR) is 76.1 cm³/mol. The summed E-state index contributed by atoms with van der Waals surface area (Å²) >= 11 is 0. The summed E-state index contributed by atoms with van der Waals surface area (Å²) in [4.78, 5) is 2.45. The van der Waals surface area contributed by atoms with Gasteiger partial charge in [0, 0.05) is 31.9 Å². The van der Waals surface area contributed by atoms with Crippen LogP contribution in [0.2, 0.25) is 0 Å². The van der Waals surface area contributed by atoms with E-state index in [9.17, 15) is 0 Å². The van der Waals surface area contributed by atoms with Crippen molar-refractivity contribution in [3.8, 4) is 0 Å². The quantitative estimate of drug-likeness (QED) is 0.830. The molecule has 0 amide bonds. The molecule has 1 saturated heterocycles. The molecule has 2 unspecified atom stereocenters. The van der Waals surface area contributed by atoms with Crippen molar-refractivity contribution in [1.29, 1.82) is 0 Å². The van der Waals surface area contributed by atoms with Gasteiger partial charge in [-0.05, 0) is 31.9 Å². The lowest BCUT2D eigenvalue weighted by Crippen LogP contribution is -2.51. The molecule has 2 rings (SSSR count). The van der Waals surface area contributed by atoms with Crippen LogP contribution in [0.25, 0.3) is 0 Å². The van der Waals surface area contributed by atoms with Crippen molar-refractivity contribution in [2.75, 3.05) is 26.2 Å². The molecule has 0 saturated carbocycles. The number of hydrogen-bond donors (Lipinski definition) is 1. The first-order valence-electron chi connectivity index (χ1n) is 7.33. The van der Waals surface area contributed by atoms with Crippen LogP contribution in [0.4, 0.5) is 0 Å². The zero-order chi connectivity index (χ0) is 13.7. The summed E-state index contributed by atoms with van der Waals surface area (Å²) in [6, 6.07) is 0.0502. The van der Waals surface area contributed by atoms with Crippen LogP contribution in [0.15, 0.2) is 12.4 Å². The molecule has 0 radical (unpaired) electrons. The normalized spacial score (nSPS) is 22.6. The minimum absolute atomic E-state index is 0.0502. The van der Waals surface area contributed by atoms with Crippen LogP contribution in [0, 0.1) is 0 Å². The number of rotatable bonds is 6. The number of aryl methyl sites for hydroxylation is 1. The number of hydrogen-bond acceptors (Lipinski definition) is 4. The molecule has 0 spiro atoms. The van der Waals surface area contributed by atoms with Gasteiger partial charge in [-0.1, -0.05) is 6.92 Å². The standard InChI is InChI=1S/C14H26N4O/c1-3-5-17-6-7-19-14(11-17)13(15)8-12-9-16-18(4-2)10-12/h9-10,13-14H,3-8,11,15H2,1-2H3. The lowest BCUT2D eigenvalue weighted by Gasteiger charge is -2.35. The maximum absolute atomic E-state index is 6.30. The van der Waals surface area contributed by atoms with Crippen LogP contribution in [0.1, 0.15) is 25.8 Å². The smallest absolute Gasteiger partial charge is 0.0856 e. The van der Waals surface area contributed by atoms with Gasteiger partial charge in [0.2, 0.25) is 0 Å². The molecule has 5 nitrogen and oxygen atoms in total. The van der Waals surface area contributed by atoms with Gasteiger partial charge < -0.3 is 10.5 Å². The number of morpholine rings is 1. The van der Waals surface area contributed by atoms with Gasteiger partial charge in [0.1, 0.15) is 0 Å². The second-order valence-corrected chi connectivity index (χ2v) is 5.28. The first-order chi connectivity index (χ1) is 9.22. The Morgan fingerprint density at radius 1 is 1.53 bits per heavy atom. The second kappa shape index (κ2) is 7.03. The fourth-order valence-electron chi connectivity index (χ4n) is 2.60. The number of nitrogens with zero attached hydrogens (tertiary/aromatic N) is 3. The van der Waals surface area contributed by atoms with Crippen molar-refractivity contribution < 1.29 is 4.74 Å². The molecule has 108 valence electrons. The van der Waals surface area contributed by atoms with Gasteiger partial charge in [-0.15, -0.1) is 0 Å². The molecule has 1 aliphatic rings. The van der Waals surface area contributed by atoms with E-state index < -0.39 is 0 Å². The topological polar surface area (TPSA) is 56.3 Å². The molecular formula is C14H26N4O. The van der Waals surface area contributed by atoms with E-state index in [2.05, 4.69) is 30.0 Å². The zero-order valence-corrected chi connectivity index (χ0v) is 12.1. The SMILES string of the molecule is CCCN1CCOC(C(N)Cc2cnn(CC)c2)C1. The Bertz CT molecular complexity index is 377. The van der Waals surface area contributed by atoms with Crippen LogP contribution in [-0.4, -0.2) is 53.1 Å². The van der Waals surface area contributed by atoms with Gasteiger partial charge in [-0.2, -0.15) is 5.10 Å². The van der Waals surface area contributed by atoms with Crippen LogP contribution in [0.5, 0.6) is 0 Å². The van der Waals surface area contributed by atoms with Gasteiger partial charge in [0.25, 0.3) is 0 Å². The third kappa shape index (κ3) is 4.03. The van der Waals surface area contributed by atoms with E-state index in [1.54, 1.807) is 0 Å². The minimum Gasteiger partial charge on any atom is -0.374 e. The van der Waals surface area contributed by atoms with Crippen molar-refractivity contribution in [3.05, 3.63) is 18.0 Å². The van der Waals surface area contributed by atoms with Gasteiger partial charge in [-0.25, -0.2) is 0 Å². The molecule has 1 aliphatic heterocycles. The van der Waals surface area contributed by atoms with E-state index in [4.69, 9.17) is 10.5 Å². The van der Waals surface area contributed by atoms with Crippen LogP contribution in [-0.2, 0) is 17.7 Å². The van der Waals surface area contributed by atoms with Gasteiger partial charge in [0.05, 0.1) is 18.9 Å². The van der Waals surface area contributed by atoms with Crippen molar-refractivity contribution in [2.45, 2.75) is 45.4 Å². The molecule has 2 N–H and O–H groups in total. The summed E-state index contributed by atoms with van der Waals surface area (Å²) in [6.45, 7) is 9.13. The van der Waals surface area contributed by atoms with E-state index >= 15 is 0 Å². The van der Waals surface area contributed by atoms with E-state index in [1.165, 1.54) is 12.0 Å². The lowest BCUT2D eigenvalue weighted by atomic mass is 10.0. The molecule has 2 heterocycles. The van der Waals surface area contributed by atoms with Gasteiger partial charge in [0.15, 0.2) is 0 Å². The average molecular weight is 266 g/mol. The molecule has 2 atom stereocenters. The Morgan fingerprint density at radius 3 is 3.05 bits per heavy atom. The molecule has 19 heavy (non-hydrogen) atoms. The van der Waals surface area contributed by atoms with Crippen LogP contribution < -0.4 is 5.73 Å². The van der Waals surface area contributed by atoms with Crippen molar-refractivity contribution >= 4 is 0 Å². The van der Waals surface area contributed by atoms with Crippen molar-refractivity contribution in [1.82, 2.24) is 14.7 Å².